The van der Waals surface area contributed by atoms with Gasteiger partial charge in [-0.25, -0.2) is 0 Å². The molecule has 6 heteroatoms. The molecule has 1 aliphatic rings. The lowest BCUT2D eigenvalue weighted by Crippen LogP contribution is -2.38. The van der Waals surface area contributed by atoms with Crippen molar-refractivity contribution in [2.45, 2.75) is 25.5 Å². The molecular formula is C17H25N3O3. The van der Waals surface area contributed by atoms with Gasteiger partial charge < -0.3 is 20.2 Å². The number of carbonyl (C=O) groups is 2. The summed E-state index contributed by atoms with van der Waals surface area (Å²) in [4.78, 5) is 28.2. The fourth-order valence-electron chi connectivity index (χ4n) is 2.76. The average molecular weight is 319 g/mol. The molecule has 2 rings (SSSR count). The van der Waals surface area contributed by atoms with Gasteiger partial charge in [0, 0.05) is 30.8 Å². The molecule has 1 aliphatic heterocycles. The van der Waals surface area contributed by atoms with E-state index in [1.807, 2.05) is 25.9 Å². The number of nitrogens with one attached hydrogen (secondary N) is 1. The Bertz CT molecular complexity index is 574. The van der Waals surface area contributed by atoms with Crippen molar-refractivity contribution in [2.24, 2.45) is 0 Å². The molecule has 6 nitrogen and oxygen atoms in total. The lowest BCUT2D eigenvalue weighted by atomic mass is 10.1. The highest BCUT2D eigenvalue weighted by molar-refractivity contribution is 5.99. The van der Waals surface area contributed by atoms with Crippen LogP contribution >= 0.6 is 0 Å². The quantitative estimate of drug-likeness (QED) is 0.832. The molecule has 1 heterocycles. The summed E-state index contributed by atoms with van der Waals surface area (Å²) in [6.45, 7) is 3.40. The molecule has 0 aromatic heterocycles. The van der Waals surface area contributed by atoms with Crippen LogP contribution in [0.25, 0.3) is 0 Å². The number of hydrogen-bond donors (Lipinski definition) is 2. The zero-order valence-electron chi connectivity index (χ0n) is 14.0. The van der Waals surface area contributed by atoms with Crippen molar-refractivity contribution in [1.82, 2.24) is 15.1 Å². The highest BCUT2D eigenvalue weighted by Gasteiger charge is 2.35. The number of rotatable bonds is 5. The third-order valence-electron chi connectivity index (χ3n) is 4.12. The molecule has 2 atom stereocenters. The number of aliphatic hydroxyl groups excluding tert-OH is 1. The number of hydrogen-bond acceptors (Lipinski definition) is 4. The Balaban J connectivity index is 2.10. The lowest BCUT2D eigenvalue weighted by Gasteiger charge is -2.21. The Hall–Kier alpha value is -1.92. The molecule has 0 radical (unpaired) electrons. The summed E-state index contributed by atoms with van der Waals surface area (Å²) in [7, 11) is 3.78. The van der Waals surface area contributed by atoms with Crippen LogP contribution in [0.4, 0.5) is 0 Å². The number of likely N-dealkylation sites (N-methyl/N-ethyl adjacent to an activating group) is 1. The van der Waals surface area contributed by atoms with E-state index in [1.54, 1.807) is 29.2 Å². The molecule has 0 aliphatic carbocycles. The normalized spacial score (nSPS) is 20.8. The number of carbonyl (C=O) groups excluding carboxylic acids is 2. The van der Waals surface area contributed by atoms with E-state index in [0.717, 1.165) is 6.42 Å². The van der Waals surface area contributed by atoms with Crippen LogP contribution in [0.1, 0.15) is 34.1 Å². The van der Waals surface area contributed by atoms with Crippen molar-refractivity contribution in [1.29, 1.82) is 0 Å². The van der Waals surface area contributed by atoms with E-state index < -0.39 is 6.10 Å². The number of benzene rings is 1. The van der Waals surface area contributed by atoms with Crippen molar-refractivity contribution in [2.75, 3.05) is 33.7 Å². The summed E-state index contributed by atoms with van der Waals surface area (Å²) in [5, 5.41) is 12.9. The minimum atomic E-state index is -0.551. The van der Waals surface area contributed by atoms with Crippen molar-refractivity contribution < 1.29 is 14.7 Å². The molecule has 2 amide bonds. The molecule has 1 aromatic carbocycles. The zero-order valence-corrected chi connectivity index (χ0v) is 14.0. The van der Waals surface area contributed by atoms with Crippen LogP contribution in [-0.2, 0) is 0 Å². The molecule has 126 valence electrons. The molecule has 2 N–H and O–H groups in total. The molecule has 0 unspecified atom stereocenters. The van der Waals surface area contributed by atoms with Gasteiger partial charge in [0.1, 0.15) is 0 Å². The summed E-state index contributed by atoms with van der Waals surface area (Å²) in [5.74, 6) is -0.326. The standard InChI is InChI=1S/C17H25N3O3/c1-4-8-18-16(22)12-6-5-7-13(9-12)17(23)20-10-14(19(2)3)15(21)11-20/h5-7,9,14-15,21H,4,8,10-11H2,1-3H3,(H,18,22)/t14-,15-/m0/s1. The number of β-amino-alcohol motifs (C(OH)–C–C–N with tert-alkyl or cyclic N) is 1. The Kier molecular flexibility index (Phi) is 5.74. The first kappa shape index (κ1) is 17.4. The number of likely N-dealkylation sites (tertiary alicyclic amines) is 1. The third-order valence-corrected chi connectivity index (χ3v) is 4.12. The second-order valence-corrected chi connectivity index (χ2v) is 6.15. The average Bonchev–Trinajstić information content (AvgIpc) is 2.94. The molecule has 0 bridgehead atoms. The van der Waals surface area contributed by atoms with E-state index in [-0.39, 0.29) is 17.9 Å². The SMILES string of the molecule is CCCNC(=O)c1cccc(C(=O)N2C[C@H](O)[C@@H](N(C)C)C2)c1. The van der Waals surface area contributed by atoms with E-state index in [0.29, 0.717) is 30.8 Å². The van der Waals surface area contributed by atoms with Crippen molar-refractivity contribution >= 4 is 11.8 Å². The van der Waals surface area contributed by atoms with Crippen LogP contribution in [-0.4, -0.2) is 72.6 Å². The summed E-state index contributed by atoms with van der Waals surface area (Å²) in [5.41, 5.74) is 0.953. The van der Waals surface area contributed by atoms with Gasteiger partial charge in [0.05, 0.1) is 12.1 Å². The predicted octanol–water partition coefficient (Wildman–Crippen LogP) is 0.573. The summed E-state index contributed by atoms with van der Waals surface area (Å²) < 4.78 is 0. The van der Waals surface area contributed by atoms with Gasteiger partial charge in [-0.1, -0.05) is 13.0 Å². The van der Waals surface area contributed by atoms with Crippen LogP contribution in [0.2, 0.25) is 0 Å². The van der Waals surface area contributed by atoms with Gasteiger partial charge in [0.15, 0.2) is 0 Å². The first-order valence-corrected chi connectivity index (χ1v) is 7.96. The summed E-state index contributed by atoms with van der Waals surface area (Å²) >= 11 is 0. The second kappa shape index (κ2) is 7.57. The Labute approximate surface area is 137 Å². The summed E-state index contributed by atoms with van der Waals surface area (Å²) in [6.07, 6.45) is 0.312. The Morgan fingerprint density at radius 3 is 2.61 bits per heavy atom. The fourth-order valence-corrected chi connectivity index (χ4v) is 2.76. The van der Waals surface area contributed by atoms with E-state index in [4.69, 9.17) is 0 Å². The van der Waals surface area contributed by atoms with Crippen LogP contribution in [0.3, 0.4) is 0 Å². The largest absolute Gasteiger partial charge is 0.390 e. The highest BCUT2D eigenvalue weighted by atomic mass is 16.3. The van der Waals surface area contributed by atoms with Crippen molar-refractivity contribution in [3.8, 4) is 0 Å². The van der Waals surface area contributed by atoms with Gasteiger partial charge in [-0.2, -0.15) is 0 Å². The Morgan fingerprint density at radius 1 is 1.30 bits per heavy atom. The molecule has 0 spiro atoms. The van der Waals surface area contributed by atoms with Crippen molar-refractivity contribution in [3.63, 3.8) is 0 Å². The van der Waals surface area contributed by atoms with Gasteiger partial charge in [0.25, 0.3) is 11.8 Å². The van der Waals surface area contributed by atoms with Gasteiger partial charge in [-0.15, -0.1) is 0 Å². The highest BCUT2D eigenvalue weighted by Crippen LogP contribution is 2.18. The molecule has 1 fully saturated rings. The van der Waals surface area contributed by atoms with Crippen LogP contribution in [0.5, 0.6) is 0 Å². The van der Waals surface area contributed by atoms with Crippen LogP contribution in [0, 0.1) is 0 Å². The maximum Gasteiger partial charge on any atom is 0.254 e. The molecule has 0 saturated carbocycles. The maximum absolute atomic E-state index is 12.6. The first-order valence-electron chi connectivity index (χ1n) is 7.96. The van der Waals surface area contributed by atoms with E-state index >= 15 is 0 Å². The molecule has 1 saturated heterocycles. The first-order chi connectivity index (χ1) is 10.9. The fraction of sp³-hybridized carbons (Fsp3) is 0.529. The monoisotopic (exact) mass is 319 g/mol. The minimum absolute atomic E-state index is 0.0602. The van der Waals surface area contributed by atoms with Crippen LogP contribution in [0.15, 0.2) is 24.3 Å². The van der Waals surface area contributed by atoms with Gasteiger partial charge in [-0.3, -0.25) is 9.59 Å². The number of nitrogens with zero attached hydrogens (tertiary/aromatic N) is 2. The van der Waals surface area contributed by atoms with E-state index in [1.165, 1.54) is 0 Å². The molecular weight excluding hydrogens is 294 g/mol. The topological polar surface area (TPSA) is 72.9 Å². The smallest absolute Gasteiger partial charge is 0.254 e. The van der Waals surface area contributed by atoms with Crippen molar-refractivity contribution in [3.05, 3.63) is 35.4 Å². The van der Waals surface area contributed by atoms with E-state index in [9.17, 15) is 14.7 Å². The molecule has 23 heavy (non-hydrogen) atoms. The summed E-state index contributed by atoms with van der Waals surface area (Å²) in [6, 6.07) is 6.67. The Morgan fingerprint density at radius 2 is 2.00 bits per heavy atom. The lowest BCUT2D eigenvalue weighted by molar-refractivity contribution is 0.0764. The van der Waals surface area contributed by atoms with Gasteiger partial charge >= 0.3 is 0 Å². The second-order valence-electron chi connectivity index (χ2n) is 6.15. The van der Waals surface area contributed by atoms with E-state index in [2.05, 4.69) is 5.32 Å². The van der Waals surface area contributed by atoms with Gasteiger partial charge in [-0.05, 0) is 38.7 Å². The number of aliphatic hydroxyl groups is 1. The third kappa shape index (κ3) is 4.09. The minimum Gasteiger partial charge on any atom is -0.390 e. The number of amides is 2. The zero-order chi connectivity index (χ0) is 17.0. The molecule has 1 aromatic rings. The van der Waals surface area contributed by atoms with Crippen LogP contribution < -0.4 is 5.32 Å². The maximum atomic E-state index is 12.6. The van der Waals surface area contributed by atoms with Gasteiger partial charge in [0.2, 0.25) is 0 Å². The predicted molar refractivity (Wildman–Crippen MR) is 88.5 cm³/mol.